The number of carbonyl (C=O) groups is 1. The first-order chi connectivity index (χ1) is 12.7. The van der Waals surface area contributed by atoms with Crippen LogP contribution in [-0.4, -0.2) is 35.9 Å². The molecule has 4 aliphatic rings. The van der Waals surface area contributed by atoms with Crippen molar-refractivity contribution in [3.63, 3.8) is 0 Å². The second-order valence-corrected chi connectivity index (χ2v) is 9.11. The molecule has 4 bridgehead atoms. The molecule has 2 aliphatic carbocycles. The normalized spacial score (nSPS) is 33.1. The molecular weight excluding hydrogens is 381 g/mol. The van der Waals surface area contributed by atoms with Crippen LogP contribution in [0.3, 0.4) is 0 Å². The van der Waals surface area contributed by atoms with Gasteiger partial charge in [-0.2, -0.15) is 18.2 Å². The van der Waals surface area contributed by atoms with E-state index in [2.05, 4.69) is 4.99 Å². The molecule has 0 radical (unpaired) electrons. The van der Waals surface area contributed by atoms with E-state index in [1.807, 2.05) is 0 Å². The molecule has 9 heteroatoms. The standard InChI is InChI=1S/C18H23F3N2O3S/c1-10-14(18(19,20)21)23(3-4-25-2)16(27-10)22-15(24)17-8-11-5-12(9-17)7-13(6-11)26-17/h11-13H,3-9H2,1-2H3/b22-16-. The molecule has 0 aromatic carbocycles. The number of amides is 1. The number of aromatic nitrogens is 1. The Hall–Kier alpha value is -1.19. The largest absolute Gasteiger partial charge is 0.432 e. The fourth-order valence-corrected chi connectivity index (χ4v) is 6.15. The number of hydrogen-bond donors (Lipinski definition) is 0. The van der Waals surface area contributed by atoms with Crippen LogP contribution in [0.5, 0.6) is 0 Å². The Bertz CT molecular complexity index is 776. The van der Waals surface area contributed by atoms with Crippen LogP contribution in [0.1, 0.15) is 42.7 Å². The molecule has 4 fully saturated rings. The summed E-state index contributed by atoms with van der Waals surface area (Å²) in [7, 11) is 1.43. The number of thiazole rings is 1. The van der Waals surface area contributed by atoms with E-state index in [4.69, 9.17) is 9.47 Å². The summed E-state index contributed by atoms with van der Waals surface area (Å²) in [6.45, 7) is 1.50. The fourth-order valence-electron chi connectivity index (χ4n) is 5.13. The van der Waals surface area contributed by atoms with Gasteiger partial charge < -0.3 is 14.0 Å². The van der Waals surface area contributed by atoms with Crippen LogP contribution in [-0.2, 0) is 27.0 Å². The van der Waals surface area contributed by atoms with Crippen molar-refractivity contribution in [3.05, 3.63) is 15.4 Å². The van der Waals surface area contributed by atoms with E-state index in [-0.39, 0.29) is 28.9 Å². The lowest BCUT2D eigenvalue weighted by atomic mass is 9.62. The van der Waals surface area contributed by atoms with Crippen molar-refractivity contribution in [1.82, 2.24) is 4.57 Å². The third-order valence-electron chi connectivity index (χ3n) is 5.94. The summed E-state index contributed by atoms with van der Waals surface area (Å²) >= 11 is 0.895. The molecule has 2 atom stereocenters. The van der Waals surface area contributed by atoms with Gasteiger partial charge in [0.1, 0.15) is 11.3 Å². The van der Waals surface area contributed by atoms with E-state index in [0.29, 0.717) is 24.7 Å². The van der Waals surface area contributed by atoms with E-state index in [9.17, 15) is 18.0 Å². The molecule has 1 aromatic heterocycles. The maximum atomic E-state index is 13.5. The summed E-state index contributed by atoms with van der Waals surface area (Å²) in [4.78, 5) is 17.4. The number of alkyl halides is 3. The highest BCUT2D eigenvalue weighted by molar-refractivity contribution is 7.09. The highest BCUT2D eigenvalue weighted by atomic mass is 32.1. The number of halogens is 3. The zero-order valence-electron chi connectivity index (χ0n) is 15.3. The number of ether oxygens (including phenoxy) is 2. The zero-order valence-corrected chi connectivity index (χ0v) is 16.2. The van der Waals surface area contributed by atoms with Crippen LogP contribution in [0.25, 0.3) is 0 Å². The highest BCUT2D eigenvalue weighted by Crippen LogP contribution is 2.53. The predicted octanol–water partition coefficient (Wildman–Crippen LogP) is 3.30. The molecule has 150 valence electrons. The van der Waals surface area contributed by atoms with Gasteiger partial charge in [0.2, 0.25) is 0 Å². The van der Waals surface area contributed by atoms with E-state index in [1.54, 1.807) is 0 Å². The maximum Gasteiger partial charge on any atom is 0.432 e. The molecule has 2 saturated heterocycles. The smallest absolute Gasteiger partial charge is 0.383 e. The van der Waals surface area contributed by atoms with Crippen molar-refractivity contribution in [2.75, 3.05) is 13.7 Å². The first-order valence-electron chi connectivity index (χ1n) is 9.25. The third kappa shape index (κ3) is 3.38. The van der Waals surface area contributed by atoms with Crippen molar-refractivity contribution in [1.29, 1.82) is 0 Å². The minimum Gasteiger partial charge on any atom is -0.383 e. The molecule has 1 aromatic rings. The highest BCUT2D eigenvalue weighted by Gasteiger charge is 2.56. The van der Waals surface area contributed by atoms with Crippen molar-refractivity contribution in [3.8, 4) is 0 Å². The quantitative estimate of drug-likeness (QED) is 0.774. The fraction of sp³-hybridized carbons (Fsp3) is 0.778. The topological polar surface area (TPSA) is 52.8 Å². The first-order valence-corrected chi connectivity index (χ1v) is 10.1. The van der Waals surface area contributed by atoms with Crippen molar-refractivity contribution in [2.45, 2.75) is 63.5 Å². The van der Waals surface area contributed by atoms with Crippen LogP contribution < -0.4 is 4.80 Å². The molecule has 5 rings (SSSR count). The van der Waals surface area contributed by atoms with E-state index in [0.717, 1.165) is 35.2 Å². The summed E-state index contributed by atoms with van der Waals surface area (Å²) in [5, 5.41) is 0. The summed E-state index contributed by atoms with van der Waals surface area (Å²) < 4.78 is 52.6. The van der Waals surface area contributed by atoms with E-state index in [1.165, 1.54) is 14.0 Å². The van der Waals surface area contributed by atoms with Gasteiger partial charge in [-0.05, 0) is 50.9 Å². The molecule has 3 heterocycles. The average molecular weight is 404 g/mol. The van der Waals surface area contributed by atoms with Gasteiger partial charge in [0.15, 0.2) is 4.80 Å². The van der Waals surface area contributed by atoms with Crippen LogP contribution in [0.15, 0.2) is 4.99 Å². The number of methoxy groups -OCH3 is 1. The lowest BCUT2D eigenvalue weighted by Gasteiger charge is -2.54. The van der Waals surface area contributed by atoms with Gasteiger partial charge in [0.25, 0.3) is 5.91 Å². The van der Waals surface area contributed by atoms with Crippen molar-refractivity contribution >= 4 is 17.2 Å². The Kier molecular flexibility index (Phi) is 4.75. The van der Waals surface area contributed by atoms with Crippen molar-refractivity contribution in [2.24, 2.45) is 16.8 Å². The molecule has 2 aliphatic heterocycles. The van der Waals surface area contributed by atoms with Gasteiger partial charge in [-0.25, -0.2) is 0 Å². The van der Waals surface area contributed by atoms with E-state index >= 15 is 0 Å². The number of carbonyl (C=O) groups excluding carboxylic acids is 1. The molecular formula is C18H23F3N2O3S. The number of nitrogens with zero attached hydrogens (tertiary/aromatic N) is 2. The molecule has 2 saturated carbocycles. The van der Waals surface area contributed by atoms with Crippen LogP contribution in [0, 0.1) is 18.8 Å². The van der Waals surface area contributed by atoms with Crippen LogP contribution >= 0.6 is 11.3 Å². The SMILES string of the molecule is COCCn1c(C(F)(F)F)c(C)s/c1=N\C(=O)C12CC3CC(CC(C3)O1)C2. The van der Waals surface area contributed by atoms with Gasteiger partial charge in [-0.1, -0.05) is 0 Å². The molecule has 27 heavy (non-hydrogen) atoms. The lowest BCUT2D eigenvalue weighted by molar-refractivity contribution is -0.216. The van der Waals surface area contributed by atoms with Gasteiger partial charge in [-0.15, -0.1) is 11.3 Å². The van der Waals surface area contributed by atoms with Crippen LogP contribution in [0.4, 0.5) is 13.2 Å². The molecule has 0 N–H and O–H groups in total. The van der Waals surface area contributed by atoms with Crippen LogP contribution in [0.2, 0.25) is 0 Å². The predicted molar refractivity (Wildman–Crippen MR) is 92.2 cm³/mol. The second kappa shape index (κ2) is 6.70. The third-order valence-corrected chi connectivity index (χ3v) is 6.94. The Balaban J connectivity index is 1.72. The summed E-state index contributed by atoms with van der Waals surface area (Å²) in [6.07, 6.45) is -0.0626. The van der Waals surface area contributed by atoms with Crippen molar-refractivity contribution < 1.29 is 27.4 Å². The number of rotatable bonds is 4. The Morgan fingerprint density at radius 3 is 2.56 bits per heavy atom. The van der Waals surface area contributed by atoms with E-state index < -0.39 is 23.4 Å². The Morgan fingerprint density at radius 2 is 2.00 bits per heavy atom. The number of aryl methyl sites for hydroxylation is 1. The second-order valence-electron chi connectivity index (χ2n) is 7.93. The molecule has 1 amide bonds. The maximum absolute atomic E-state index is 13.5. The summed E-state index contributed by atoms with van der Waals surface area (Å²) in [6, 6.07) is 0. The Morgan fingerprint density at radius 1 is 1.33 bits per heavy atom. The minimum atomic E-state index is -4.51. The summed E-state index contributed by atoms with van der Waals surface area (Å²) in [5.41, 5.74) is -1.70. The average Bonchev–Trinajstić information content (AvgIpc) is 2.86. The minimum absolute atomic E-state index is 0.0104. The molecule has 2 unspecified atom stereocenters. The van der Waals surface area contributed by atoms with Gasteiger partial charge in [-0.3, -0.25) is 4.79 Å². The summed E-state index contributed by atoms with van der Waals surface area (Å²) in [5.74, 6) is 0.501. The first kappa shape index (κ1) is 19.1. The van der Waals surface area contributed by atoms with Gasteiger partial charge in [0, 0.05) is 18.5 Å². The lowest BCUT2D eigenvalue weighted by Crippen LogP contribution is -2.58. The van der Waals surface area contributed by atoms with Gasteiger partial charge >= 0.3 is 6.18 Å². The van der Waals surface area contributed by atoms with Gasteiger partial charge in [0.05, 0.1) is 12.7 Å². The Labute approximate surface area is 159 Å². The zero-order chi connectivity index (χ0) is 19.4. The molecule has 5 nitrogen and oxygen atoms in total. The number of hydrogen-bond acceptors (Lipinski definition) is 4. The molecule has 0 spiro atoms. The monoisotopic (exact) mass is 404 g/mol.